The molecule has 3 heteroatoms. The number of carbonyl (C=O) groups is 1. The van der Waals surface area contributed by atoms with Crippen LogP contribution >= 0.6 is 0 Å². The van der Waals surface area contributed by atoms with Crippen LogP contribution in [-0.4, -0.2) is 23.2 Å². The summed E-state index contributed by atoms with van der Waals surface area (Å²) in [6.07, 6.45) is 4.98. The van der Waals surface area contributed by atoms with Gasteiger partial charge < -0.3 is 10.4 Å². The van der Waals surface area contributed by atoms with Crippen LogP contribution in [0.5, 0.6) is 0 Å². The second-order valence-corrected chi connectivity index (χ2v) is 7.46. The van der Waals surface area contributed by atoms with Gasteiger partial charge in [0.1, 0.15) is 6.04 Å². The van der Waals surface area contributed by atoms with Crippen molar-refractivity contribution >= 4 is 5.97 Å². The van der Waals surface area contributed by atoms with Crippen LogP contribution in [0.3, 0.4) is 0 Å². The second kappa shape index (κ2) is 5.60. The molecule has 0 amide bonds. The van der Waals surface area contributed by atoms with Crippen molar-refractivity contribution < 1.29 is 9.90 Å². The van der Waals surface area contributed by atoms with Crippen molar-refractivity contribution in [1.82, 2.24) is 5.32 Å². The molecular weight excluding hydrogens is 226 g/mol. The fourth-order valence-electron chi connectivity index (χ4n) is 3.82. The van der Waals surface area contributed by atoms with Crippen LogP contribution in [-0.2, 0) is 4.79 Å². The van der Waals surface area contributed by atoms with E-state index in [1.165, 1.54) is 6.42 Å². The first-order valence-electron chi connectivity index (χ1n) is 7.14. The highest BCUT2D eigenvalue weighted by Gasteiger charge is 2.39. The van der Waals surface area contributed by atoms with Gasteiger partial charge in [-0.2, -0.15) is 0 Å². The van der Waals surface area contributed by atoms with E-state index < -0.39 is 5.97 Å². The van der Waals surface area contributed by atoms with Gasteiger partial charge in [0.05, 0.1) is 0 Å². The molecule has 1 saturated carbocycles. The largest absolute Gasteiger partial charge is 0.480 e. The highest BCUT2D eigenvalue weighted by Crippen LogP contribution is 2.45. The van der Waals surface area contributed by atoms with E-state index in [0.717, 1.165) is 19.3 Å². The number of carboxylic acids is 1. The van der Waals surface area contributed by atoms with Crippen LogP contribution in [0.4, 0.5) is 0 Å². The van der Waals surface area contributed by atoms with E-state index in [9.17, 15) is 9.90 Å². The molecule has 18 heavy (non-hydrogen) atoms. The third-order valence-electron chi connectivity index (χ3n) is 3.87. The molecule has 0 aromatic heterocycles. The average molecular weight is 255 g/mol. The Hall–Kier alpha value is -0.570. The van der Waals surface area contributed by atoms with Crippen LogP contribution in [0.2, 0.25) is 0 Å². The minimum atomic E-state index is -0.710. The van der Waals surface area contributed by atoms with Crippen molar-refractivity contribution in [1.29, 1.82) is 0 Å². The van der Waals surface area contributed by atoms with Gasteiger partial charge in [-0.25, -0.2) is 0 Å². The summed E-state index contributed by atoms with van der Waals surface area (Å²) in [7, 11) is 0. The number of hydrogen-bond donors (Lipinski definition) is 2. The third kappa shape index (κ3) is 4.60. The van der Waals surface area contributed by atoms with Gasteiger partial charge in [0, 0.05) is 6.04 Å². The van der Waals surface area contributed by atoms with E-state index in [1.54, 1.807) is 0 Å². The first-order chi connectivity index (χ1) is 8.15. The SMILES string of the molecule is CCC[C@H](NC1CC(C)(C)CC(C)(C)C1)C(=O)O. The molecule has 0 spiro atoms. The molecule has 106 valence electrons. The lowest BCUT2D eigenvalue weighted by Gasteiger charge is -2.45. The highest BCUT2D eigenvalue weighted by molar-refractivity contribution is 5.73. The Kier molecular flexibility index (Phi) is 4.82. The Labute approximate surface area is 111 Å². The number of nitrogens with one attached hydrogen (secondary N) is 1. The lowest BCUT2D eigenvalue weighted by molar-refractivity contribution is -0.140. The molecule has 1 atom stereocenters. The average Bonchev–Trinajstić information content (AvgIpc) is 2.11. The molecule has 2 N–H and O–H groups in total. The molecule has 0 saturated heterocycles. The van der Waals surface area contributed by atoms with E-state index >= 15 is 0 Å². The van der Waals surface area contributed by atoms with E-state index in [2.05, 4.69) is 33.0 Å². The summed E-state index contributed by atoms with van der Waals surface area (Å²) < 4.78 is 0. The van der Waals surface area contributed by atoms with Crippen molar-refractivity contribution in [3.05, 3.63) is 0 Å². The Morgan fingerprint density at radius 3 is 2.17 bits per heavy atom. The van der Waals surface area contributed by atoms with Gasteiger partial charge in [0.15, 0.2) is 0 Å². The number of hydrogen-bond acceptors (Lipinski definition) is 2. The summed E-state index contributed by atoms with van der Waals surface area (Å²) in [4.78, 5) is 11.2. The molecule has 1 aliphatic carbocycles. The van der Waals surface area contributed by atoms with Crippen molar-refractivity contribution in [2.45, 2.75) is 78.8 Å². The van der Waals surface area contributed by atoms with Crippen molar-refractivity contribution in [2.75, 3.05) is 0 Å². The molecule has 0 radical (unpaired) electrons. The molecule has 0 heterocycles. The minimum absolute atomic E-state index is 0.300. The predicted octanol–water partition coefficient (Wildman–Crippen LogP) is 3.43. The molecule has 1 aliphatic rings. The minimum Gasteiger partial charge on any atom is -0.480 e. The second-order valence-electron chi connectivity index (χ2n) is 7.46. The number of rotatable bonds is 5. The predicted molar refractivity (Wildman–Crippen MR) is 74.7 cm³/mol. The van der Waals surface area contributed by atoms with Crippen LogP contribution in [0.15, 0.2) is 0 Å². The summed E-state index contributed by atoms with van der Waals surface area (Å²) in [6.45, 7) is 11.2. The van der Waals surface area contributed by atoms with Gasteiger partial charge in [-0.1, -0.05) is 41.0 Å². The monoisotopic (exact) mass is 255 g/mol. The molecule has 0 aromatic carbocycles. The van der Waals surface area contributed by atoms with Crippen LogP contribution in [0.1, 0.15) is 66.7 Å². The zero-order valence-electron chi connectivity index (χ0n) is 12.5. The number of carboxylic acid groups (broad SMARTS) is 1. The normalized spacial score (nSPS) is 24.7. The quantitative estimate of drug-likeness (QED) is 0.791. The molecule has 0 bridgehead atoms. The smallest absolute Gasteiger partial charge is 0.320 e. The maximum Gasteiger partial charge on any atom is 0.320 e. The van der Waals surface area contributed by atoms with Gasteiger partial charge in [-0.15, -0.1) is 0 Å². The van der Waals surface area contributed by atoms with Crippen LogP contribution < -0.4 is 5.32 Å². The molecule has 3 nitrogen and oxygen atoms in total. The summed E-state index contributed by atoms with van der Waals surface area (Å²) in [5, 5.41) is 12.6. The van der Waals surface area contributed by atoms with Crippen LogP contribution in [0.25, 0.3) is 0 Å². The van der Waals surface area contributed by atoms with E-state index in [4.69, 9.17) is 0 Å². The fraction of sp³-hybridized carbons (Fsp3) is 0.933. The zero-order chi connectivity index (χ0) is 14.0. The van der Waals surface area contributed by atoms with E-state index in [1.807, 2.05) is 6.92 Å². The van der Waals surface area contributed by atoms with Gasteiger partial charge in [0.25, 0.3) is 0 Å². The maximum atomic E-state index is 11.2. The summed E-state index contributed by atoms with van der Waals surface area (Å²) in [6, 6.07) is -0.0545. The molecule has 1 rings (SSSR count). The van der Waals surface area contributed by atoms with Gasteiger partial charge in [0.2, 0.25) is 0 Å². The standard InChI is InChI=1S/C15H29NO2/c1-6-7-12(13(17)18)16-11-8-14(2,3)10-15(4,5)9-11/h11-12,16H,6-10H2,1-5H3,(H,17,18)/t12-/m0/s1. The lowest BCUT2D eigenvalue weighted by atomic mass is 9.63. The third-order valence-corrected chi connectivity index (χ3v) is 3.87. The zero-order valence-corrected chi connectivity index (χ0v) is 12.5. The van der Waals surface area contributed by atoms with Crippen molar-refractivity contribution in [3.8, 4) is 0 Å². The molecule has 0 unspecified atom stereocenters. The summed E-state index contributed by atoms with van der Waals surface area (Å²) in [5.41, 5.74) is 0.601. The van der Waals surface area contributed by atoms with E-state index in [0.29, 0.717) is 23.3 Å². The van der Waals surface area contributed by atoms with Crippen molar-refractivity contribution in [2.24, 2.45) is 10.8 Å². The van der Waals surface area contributed by atoms with Crippen LogP contribution in [0, 0.1) is 10.8 Å². The maximum absolute atomic E-state index is 11.2. The van der Waals surface area contributed by atoms with Crippen molar-refractivity contribution in [3.63, 3.8) is 0 Å². The first-order valence-corrected chi connectivity index (χ1v) is 7.14. The molecular formula is C15H29NO2. The summed E-state index contributed by atoms with van der Waals surface area (Å²) >= 11 is 0. The van der Waals surface area contributed by atoms with Gasteiger partial charge >= 0.3 is 5.97 Å². The Morgan fingerprint density at radius 1 is 1.28 bits per heavy atom. The van der Waals surface area contributed by atoms with Gasteiger partial charge in [-0.05, 0) is 36.5 Å². The molecule has 0 aliphatic heterocycles. The molecule has 0 aromatic rings. The Morgan fingerprint density at radius 2 is 1.78 bits per heavy atom. The summed E-state index contributed by atoms with van der Waals surface area (Å²) in [5.74, 6) is -0.710. The lowest BCUT2D eigenvalue weighted by Crippen LogP contribution is -2.49. The van der Waals surface area contributed by atoms with Gasteiger partial charge in [-0.3, -0.25) is 4.79 Å². The Balaban J connectivity index is 2.67. The first kappa shape index (κ1) is 15.5. The molecule has 1 fully saturated rings. The fourth-order valence-corrected chi connectivity index (χ4v) is 3.82. The Bertz CT molecular complexity index is 281. The number of aliphatic carboxylic acids is 1. The highest BCUT2D eigenvalue weighted by atomic mass is 16.4. The topological polar surface area (TPSA) is 49.3 Å². The van der Waals surface area contributed by atoms with E-state index in [-0.39, 0.29) is 6.04 Å².